The molecule has 2 amide bonds. The molecule has 2 aliphatic rings. The number of nitrogens with one attached hydrogen (secondary N) is 1. The van der Waals surface area contributed by atoms with Gasteiger partial charge in [0.1, 0.15) is 0 Å². The summed E-state index contributed by atoms with van der Waals surface area (Å²) in [5.41, 5.74) is -0.747. The Labute approximate surface area is 114 Å². The fourth-order valence-corrected chi connectivity index (χ4v) is 3.04. The summed E-state index contributed by atoms with van der Waals surface area (Å²) in [7, 11) is 0. The van der Waals surface area contributed by atoms with Crippen LogP contribution >= 0.6 is 0 Å². The summed E-state index contributed by atoms with van der Waals surface area (Å²) in [6.45, 7) is 5.03. The number of hydrogen-bond donors (Lipinski definition) is 2. The highest BCUT2D eigenvalue weighted by atomic mass is 16.4. The first kappa shape index (κ1) is 14.2. The van der Waals surface area contributed by atoms with Crippen molar-refractivity contribution in [3.63, 3.8) is 0 Å². The Morgan fingerprint density at radius 3 is 2.68 bits per heavy atom. The highest BCUT2D eigenvalue weighted by molar-refractivity contribution is 5.79. The van der Waals surface area contributed by atoms with E-state index in [1.807, 2.05) is 6.92 Å². The first-order valence-corrected chi connectivity index (χ1v) is 7.31. The Morgan fingerprint density at radius 1 is 1.42 bits per heavy atom. The molecule has 0 spiro atoms. The molecule has 5 heteroatoms. The molecule has 0 aromatic carbocycles. The molecular formula is C14H24N2O3. The van der Waals surface area contributed by atoms with Crippen LogP contribution in [0.4, 0.5) is 4.79 Å². The Bertz CT molecular complexity index is 372. The molecule has 1 aliphatic heterocycles. The molecule has 2 N–H and O–H groups in total. The Hall–Kier alpha value is -1.26. The topological polar surface area (TPSA) is 69.6 Å². The molecular weight excluding hydrogens is 244 g/mol. The van der Waals surface area contributed by atoms with Crippen molar-refractivity contribution in [2.24, 2.45) is 11.3 Å². The molecule has 0 aromatic rings. The van der Waals surface area contributed by atoms with E-state index < -0.39 is 11.4 Å². The molecule has 5 nitrogen and oxygen atoms in total. The molecule has 1 saturated heterocycles. The maximum Gasteiger partial charge on any atom is 0.317 e. The lowest BCUT2D eigenvalue weighted by Crippen LogP contribution is -2.52. The summed E-state index contributed by atoms with van der Waals surface area (Å²) in [6.07, 6.45) is 4.18. The lowest BCUT2D eigenvalue weighted by molar-refractivity contribution is -0.152. The molecule has 1 saturated carbocycles. The van der Waals surface area contributed by atoms with Crippen molar-refractivity contribution in [1.82, 2.24) is 10.2 Å². The number of carbonyl (C=O) groups is 2. The Morgan fingerprint density at radius 2 is 2.16 bits per heavy atom. The molecule has 0 bridgehead atoms. The monoisotopic (exact) mass is 268 g/mol. The van der Waals surface area contributed by atoms with Gasteiger partial charge in [-0.1, -0.05) is 20.3 Å². The number of hydrogen-bond acceptors (Lipinski definition) is 2. The third-order valence-corrected chi connectivity index (χ3v) is 4.75. The summed E-state index contributed by atoms with van der Waals surface area (Å²) in [5.74, 6) is -0.158. The lowest BCUT2D eigenvalue weighted by atomic mass is 9.78. The summed E-state index contributed by atoms with van der Waals surface area (Å²) in [5, 5.41) is 12.4. The Kier molecular flexibility index (Phi) is 4.02. The normalized spacial score (nSPS) is 33.9. The highest BCUT2D eigenvalue weighted by Gasteiger charge is 2.43. The van der Waals surface area contributed by atoms with Crippen LogP contribution in [0.2, 0.25) is 0 Å². The summed E-state index contributed by atoms with van der Waals surface area (Å²) in [6, 6.07) is 0.222. The van der Waals surface area contributed by atoms with Crippen molar-refractivity contribution in [3.8, 4) is 0 Å². The van der Waals surface area contributed by atoms with Crippen molar-refractivity contribution < 1.29 is 14.7 Å². The molecule has 108 valence electrons. The minimum Gasteiger partial charge on any atom is -0.481 e. The van der Waals surface area contributed by atoms with E-state index in [0.717, 1.165) is 19.3 Å². The van der Waals surface area contributed by atoms with Crippen LogP contribution in [0.5, 0.6) is 0 Å². The number of carboxylic acids is 1. The molecule has 2 rings (SSSR count). The van der Waals surface area contributed by atoms with E-state index in [0.29, 0.717) is 37.9 Å². The van der Waals surface area contributed by atoms with E-state index in [-0.39, 0.29) is 6.03 Å². The van der Waals surface area contributed by atoms with Crippen LogP contribution in [-0.2, 0) is 4.79 Å². The van der Waals surface area contributed by atoms with E-state index >= 15 is 0 Å². The number of likely N-dealkylation sites (tertiary alicyclic amines) is 1. The van der Waals surface area contributed by atoms with E-state index in [4.69, 9.17) is 0 Å². The molecule has 3 atom stereocenters. The van der Waals surface area contributed by atoms with Crippen molar-refractivity contribution in [3.05, 3.63) is 0 Å². The average molecular weight is 268 g/mol. The maximum absolute atomic E-state index is 12.2. The minimum absolute atomic E-state index is 0.0836. The van der Waals surface area contributed by atoms with Gasteiger partial charge in [-0.2, -0.15) is 0 Å². The van der Waals surface area contributed by atoms with E-state index in [1.165, 1.54) is 0 Å². The first-order chi connectivity index (χ1) is 9.02. The minimum atomic E-state index is -0.773. The van der Waals surface area contributed by atoms with Gasteiger partial charge in [0.2, 0.25) is 0 Å². The van der Waals surface area contributed by atoms with Gasteiger partial charge in [-0.15, -0.1) is 0 Å². The summed E-state index contributed by atoms with van der Waals surface area (Å²) >= 11 is 0. The van der Waals surface area contributed by atoms with Crippen LogP contribution in [0.15, 0.2) is 0 Å². The highest BCUT2D eigenvalue weighted by Crippen LogP contribution is 2.35. The van der Waals surface area contributed by atoms with Crippen LogP contribution in [0.1, 0.15) is 46.0 Å². The summed E-state index contributed by atoms with van der Waals surface area (Å²) < 4.78 is 0. The van der Waals surface area contributed by atoms with Crippen molar-refractivity contribution in [1.29, 1.82) is 0 Å². The van der Waals surface area contributed by atoms with Gasteiger partial charge in [-0.3, -0.25) is 4.79 Å². The van der Waals surface area contributed by atoms with Crippen LogP contribution in [-0.4, -0.2) is 41.1 Å². The first-order valence-electron chi connectivity index (χ1n) is 7.31. The number of rotatable bonds is 4. The van der Waals surface area contributed by atoms with Crippen LogP contribution in [0.25, 0.3) is 0 Å². The van der Waals surface area contributed by atoms with Gasteiger partial charge >= 0.3 is 12.0 Å². The summed E-state index contributed by atoms with van der Waals surface area (Å²) in [4.78, 5) is 25.3. The zero-order chi connectivity index (χ0) is 14.0. The fraction of sp³-hybridized carbons (Fsp3) is 0.857. The second-order valence-electron chi connectivity index (χ2n) is 5.92. The zero-order valence-corrected chi connectivity index (χ0v) is 11.8. The number of carbonyl (C=O) groups excluding carboxylic acids is 1. The second kappa shape index (κ2) is 5.39. The van der Waals surface area contributed by atoms with Crippen LogP contribution in [0, 0.1) is 11.3 Å². The van der Waals surface area contributed by atoms with Crippen LogP contribution in [0.3, 0.4) is 0 Å². The third kappa shape index (κ3) is 2.85. The molecule has 2 fully saturated rings. The molecule has 1 aliphatic carbocycles. The SMILES string of the molecule is CCC1CC1NC(=O)N1CCCC(CC)(C(=O)O)C1. The number of piperidine rings is 1. The van der Waals surface area contributed by atoms with E-state index in [9.17, 15) is 14.7 Å². The number of nitrogens with zero attached hydrogens (tertiary/aromatic N) is 1. The molecule has 0 aromatic heterocycles. The van der Waals surface area contributed by atoms with Gasteiger partial charge in [0, 0.05) is 19.1 Å². The lowest BCUT2D eigenvalue weighted by Gasteiger charge is -2.39. The molecule has 19 heavy (non-hydrogen) atoms. The molecule has 3 unspecified atom stereocenters. The van der Waals surface area contributed by atoms with Crippen LogP contribution < -0.4 is 5.32 Å². The van der Waals surface area contributed by atoms with Crippen molar-refractivity contribution >= 4 is 12.0 Å². The fourth-order valence-electron chi connectivity index (χ4n) is 3.04. The smallest absolute Gasteiger partial charge is 0.317 e. The number of urea groups is 1. The standard InChI is InChI=1S/C14H24N2O3/c1-3-10-8-11(10)15-13(19)16-7-5-6-14(4-2,9-16)12(17)18/h10-11H,3-9H2,1-2H3,(H,15,19)(H,17,18). The molecule has 0 radical (unpaired) electrons. The van der Waals surface area contributed by atoms with Gasteiger partial charge in [0.25, 0.3) is 0 Å². The van der Waals surface area contributed by atoms with Gasteiger partial charge in [-0.05, 0) is 31.6 Å². The average Bonchev–Trinajstić information content (AvgIpc) is 3.16. The third-order valence-electron chi connectivity index (χ3n) is 4.75. The zero-order valence-electron chi connectivity index (χ0n) is 11.8. The van der Waals surface area contributed by atoms with E-state index in [2.05, 4.69) is 12.2 Å². The van der Waals surface area contributed by atoms with Gasteiger partial charge in [0.15, 0.2) is 0 Å². The Balaban J connectivity index is 1.93. The molecule has 1 heterocycles. The van der Waals surface area contributed by atoms with E-state index in [1.54, 1.807) is 4.90 Å². The maximum atomic E-state index is 12.2. The number of aliphatic carboxylic acids is 1. The quantitative estimate of drug-likeness (QED) is 0.820. The van der Waals surface area contributed by atoms with Gasteiger partial charge in [0.05, 0.1) is 5.41 Å². The van der Waals surface area contributed by atoms with Gasteiger partial charge in [-0.25, -0.2) is 4.79 Å². The van der Waals surface area contributed by atoms with Crippen molar-refractivity contribution in [2.75, 3.05) is 13.1 Å². The largest absolute Gasteiger partial charge is 0.481 e. The predicted octanol–water partition coefficient (Wildman–Crippen LogP) is 2.07. The predicted molar refractivity (Wildman–Crippen MR) is 71.9 cm³/mol. The number of amides is 2. The second-order valence-corrected chi connectivity index (χ2v) is 5.92. The number of carboxylic acid groups (broad SMARTS) is 1. The van der Waals surface area contributed by atoms with Gasteiger partial charge < -0.3 is 15.3 Å². The van der Waals surface area contributed by atoms with Crippen molar-refractivity contribution in [2.45, 2.75) is 52.0 Å².